The number of hydrogen-bond acceptors (Lipinski definition) is 3. The molecule has 2 aliphatic carbocycles. The number of amides is 1. The van der Waals surface area contributed by atoms with Crippen molar-refractivity contribution in [1.82, 2.24) is 5.32 Å². The lowest BCUT2D eigenvalue weighted by molar-refractivity contribution is -0.246. The summed E-state index contributed by atoms with van der Waals surface area (Å²) in [6.45, 7) is 0.124. The fourth-order valence-electron chi connectivity index (χ4n) is 4.89. The molecule has 25 heavy (non-hydrogen) atoms. The zero-order valence-electron chi connectivity index (χ0n) is 15.1. The minimum absolute atomic E-state index is 0.115. The lowest BCUT2D eigenvalue weighted by Crippen LogP contribution is -2.45. The summed E-state index contributed by atoms with van der Waals surface area (Å²) in [5.41, 5.74) is 1.55. The first-order valence-corrected chi connectivity index (χ1v) is 9.81. The average Bonchev–Trinajstić information content (AvgIpc) is 2.63. The maximum atomic E-state index is 12.9. The molecule has 2 saturated carbocycles. The van der Waals surface area contributed by atoms with Crippen LogP contribution in [-0.2, 0) is 16.1 Å². The van der Waals surface area contributed by atoms with E-state index in [4.69, 9.17) is 5.26 Å². The molecule has 1 unspecified atom stereocenters. The molecular weight excluding hydrogens is 314 g/mol. The van der Waals surface area contributed by atoms with E-state index in [0.717, 1.165) is 24.8 Å². The zero-order chi connectivity index (χ0) is 17.5. The molecule has 138 valence electrons. The molecule has 4 heteroatoms. The number of carbonyl (C=O) groups is 1. The van der Waals surface area contributed by atoms with Crippen molar-refractivity contribution in [2.24, 2.45) is 11.3 Å². The van der Waals surface area contributed by atoms with Gasteiger partial charge in [0.05, 0.1) is 6.04 Å². The Balaban J connectivity index is 1.58. The summed E-state index contributed by atoms with van der Waals surface area (Å²) in [5.74, 6) is 0.256. The second kappa shape index (κ2) is 8.81. The Hall–Kier alpha value is -1.39. The maximum Gasteiger partial charge on any atom is 0.223 e. The molecule has 1 aromatic rings. The molecule has 0 saturated heterocycles. The number of benzene rings is 1. The van der Waals surface area contributed by atoms with Gasteiger partial charge in [-0.2, -0.15) is 0 Å². The highest BCUT2D eigenvalue weighted by molar-refractivity contribution is 5.79. The molecule has 0 bridgehead atoms. The number of hydrogen-bond donors (Lipinski definition) is 2. The van der Waals surface area contributed by atoms with Crippen molar-refractivity contribution in [2.75, 3.05) is 6.61 Å². The van der Waals surface area contributed by atoms with Gasteiger partial charge in [-0.1, -0.05) is 56.0 Å². The van der Waals surface area contributed by atoms with E-state index < -0.39 is 0 Å². The van der Waals surface area contributed by atoms with E-state index >= 15 is 0 Å². The van der Waals surface area contributed by atoms with Gasteiger partial charge in [0, 0.05) is 5.92 Å². The molecule has 4 nitrogen and oxygen atoms in total. The summed E-state index contributed by atoms with van der Waals surface area (Å²) < 4.78 is 0. The highest BCUT2D eigenvalue weighted by Crippen LogP contribution is 2.49. The second-order valence-corrected chi connectivity index (χ2v) is 8.04. The minimum atomic E-state index is -0.191. The van der Waals surface area contributed by atoms with Crippen LogP contribution in [0.3, 0.4) is 0 Å². The first-order valence-electron chi connectivity index (χ1n) is 9.81. The summed E-state index contributed by atoms with van der Waals surface area (Å²) in [5, 5.41) is 12.0. The van der Waals surface area contributed by atoms with Gasteiger partial charge in [-0.05, 0) is 49.5 Å². The SMILES string of the molecule is O=C(N[C@@H](COO)Cc1ccccc1)C1CCCC2(CCCCC2)C1. The summed E-state index contributed by atoms with van der Waals surface area (Å²) in [7, 11) is 0. The third-order valence-electron chi connectivity index (χ3n) is 6.17. The van der Waals surface area contributed by atoms with E-state index in [1.54, 1.807) is 0 Å². The fraction of sp³-hybridized carbons (Fsp3) is 0.667. The molecular formula is C21H31NO3. The molecule has 0 radical (unpaired) electrons. The van der Waals surface area contributed by atoms with Crippen LogP contribution in [-0.4, -0.2) is 23.8 Å². The summed E-state index contributed by atoms with van der Waals surface area (Å²) in [6.07, 6.45) is 11.8. The van der Waals surface area contributed by atoms with Crippen molar-refractivity contribution in [2.45, 2.75) is 70.3 Å². The Morgan fingerprint density at radius 1 is 1.16 bits per heavy atom. The number of carbonyl (C=O) groups excluding carboxylic acids is 1. The molecule has 2 atom stereocenters. The quantitative estimate of drug-likeness (QED) is 0.595. The van der Waals surface area contributed by atoms with Crippen LogP contribution in [0.1, 0.15) is 63.4 Å². The van der Waals surface area contributed by atoms with Gasteiger partial charge in [0.1, 0.15) is 6.61 Å². The van der Waals surface area contributed by atoms with Crippen LogP contribution in [0, 0.1) is 11.3 Å². The van der Waals surface area contributed by atoms with Crippen LogP contribution in [0.25, 0.3) is 0 Å². The molecule has 2 fully saturated rings. The third-order valence-corrected chi connectivity index (χ3v) is 6.17. The largest absolute Gasteiger partial charge is 0.350 e. The smallest absolute Gasteiger partial charge is 0.223 e. The molecule has 0 aliphatic heterocycles. The van der Waals surface area contributed by atoms with Crippen LogP contribution < -0.4 is 5.32 Å². The summed E-state index contributed by atoms with van der Waals surface area (Å²) in [4.78, 5) is 17.2. The van der Waals surface area contributed by atoms with Gasteiger partial charge < -0.3 is 5.32 Å². The van der Waals surface area contributed by atoms with Gasteiger partial charge in [0.15, 0.2) is 0 Å². The van der Waals surface area contributed by atoms with Gasteiger partial charge in [-0.25, -0.2) is 4.89 Å². The Morgan fingerprint density at radius 2 is 1.88 bits per heavy atom. The van der Waals surface area contributed by atoms with E-state index in [1.165, 1.54) is 38.5 Å². The van der Waals surface area contributed by atoms with Crippen LogP contribution in [0.5, 0.6) is 0 Å². The zero-order valence-corrected chi connectivity index (χ0v) is 15.1. The van der Waals surface area contributed by atoms with Gasteiger partial charge in [-0.3, -0.25) is 10.1 Å². The standard InChI is InChI=1S/C21H31NO3/c23-20(18-10-7-13-21(15-18)11-5-2-6-12-21)22-19(16-25-24)14-17-8-3-1-4-9-17/h1,3-4,8-9,18-19,24H,2,5-7,10-16H2,(H,22,23)/t18?,19-/m1/s1. The summed E-state index contributed by atoms with van der Waals surface area (Å²) >= 11 is 0. The monoisotopic (exact) mass is 345 g/mol. The highest BCUT2D eigenvalue weighted by atomic mass is 17.1. The number of nitrogens with one attached hydrogen (secondary N) is 1. The van der Waals surface area contributed by atoms with Crippen molar-refractivity contribution >= 4 is 5.91 Å². The molecule has 0 aromatic heterocycles. The average molecular weight is 345 g/mol. The van der Waals surface area contributed by atoms with E-state index in [-0.39, 0.29) is 24.5 Å². The van der Waals surface area contributed by atoms with Crippen LogP contribution in [0.2, 0.25) is 0 Å². The molecule has 1 aromatic carbocycles. The highest BCUT2D eigenvalue weighted by Gasteiger charge is 2.39. The molecule has 0 heterocycles. The predicted octanol–water partition coefficient (Wildman–Crippen LogP) is 4.34. The van der Waals surface area contributed by atoms with E-state index in [1.807, 2.05) is 30.3 Å². The number of rotatable bonds is 6. The van der Waals surface area contributed by atoms with Gasteiger partial charge >= 0.3 is 0 Å². The molecule has 1 amide bonds. The molecule has 2 N–H and O–H groups in total. The van der Waals surface area contributed by atoms with Gasteiger partial charge in [0.2, 0.25) is 5.91 Å². The van der Waals surface area contributed by atoms with E-state index in [9.17, 15) is 4.79 Å². The van der Waals surface area contributed by atoms with E-state index in [0.29, 0.717) is 11.8 Å². The Bertz CT molecular complexity index is 534. The van der Waals surface area contributed by atoms with Gasteiger partial charge in [-0.15, -0.1) is 0 Å². The predicted molar refractivity (Wildman–Crippen MR) is 98.1 cm³/mol. The summed E-state index contributed by atoms with van der Waals surface area (Å²) in [6, 6.07) is 9.83. The topological polar surface area (TPSA) is 58.6 Å². The van der Waals surface area contributed by atoms with Crippen LogP contribution >= 0.6 is 0 Å². The molecule has 2 aliphatic rings. The van der Waals surface area contributed by atoms with Crippen molar-refractivity contribution < 1.29 is 14.9 Å². The lowest BCUT2D eigenvalue weighted by atomic mass is 9.62. The van der Waals surface area contributed by atoms with Gasteiger partial charge in [0.25, 0.3) is 0 Å². The Kier molecular flexibility index (Phi) is 6.49. The lowest BCUT2D eigenvalue weighted by Gasteiger charge is -2.43. The molecule has 1 spiro atoms. The Labute approximate surface area is 150 Å². The van der Waals surface area contributed by atoms with Crippen molar-refractivity contribution in [3.63, 3.8) is 0 Å². The minimum Gasteiger partial charge on any atom is -0.350 e. The normalized spacial score (nSPS) is 24.0. The third kappa shape index (κ3) is 5.05. The van der Waals surface area contributed by atoms with Crippen molar-refractivity contribution in [3.8, 4) is 0 Å². The van der Waals surface area contributed by atoms with Crippen LogP contribution in [0.15, 0.2) is 30.3 Å². The Morgan fingerprint density at radius 3 is 2.60 bits per heavy atom. The van der Waals surface area contributed by atoms with Crippen molar-refractivity contribution in [3.05, 3.63) is 35.9 Å². The first kappa shape index (κ1) is 18.4. The first-order chi connectivity index (χ1) is 12.2. The van der Waals surface area contributed by atoms with Crippen LogP contribution in [0.4, 0.5) is 0 Å². The van der Waals surface area contributed by atoms with Crippen molar-refractivity contribution in [1.29, 1.82) is 0 Å². The van der Waals surface area contributed by atoms with E-state index in [2.05, 4.69) is 10.2 Å². The fourth-order valence-corrected chi connectivity index (χ4v) is 4.89. The maximum absolute atomic E-state index is 12.9. The second-order valence-electron chi connectivity index (χ2n) is 8.04. The molecule has 3 rings (SSSR count).